The van der Waals surface area contributed by atoms with E-state index in [1.807, 2.05) is 18.2 Å². The van der Waals surface area contributed by atoms with Gasteiger partial charge in [0.2, 0.25) is 11.8 Å². The number of ether oxygens (including phenoxy) is 1. The van der Waals surface area contributed by atoms with Crippen molar-refractivity contribution in [1.29, 1.82) is 0 Å². The number of H-pyrrole nitrogens is 1. The summed E-state index contributed by atoms with van der Waals surface area (Å²) in [7, 11) is 1.57. The highest BCUT2D eigenvalue weighted by Crippen LogP contribution is 2.55. The van der Waals surface area contributed by atoms with Gasteiger partial charge in [-0.3, -0.25) is 19.2 Å². The number of rotatable bonds is 7. The molecule has 0 bridgehead atoms. The van der Waals surface area contributed by atoms with Gasteiger partial charge in [-0.2, -0.15) is 0 Å². The summed E-state index contributed by atoms with van der Waals surface area (Å²) in [6.45, 7) is 0.143. The van der Waals surface area contributed by atoms with Crippen molar-refractivity contribution in [2.75, 3.05) is 26.8 Å². The van der Waals surface area contributed by atoms with Crippen molar-refractivity contribution in [3.63, 3.8) is 0 Å². The van der Waals surface area contributed by atoms with Crippen LogP contribution in [0.5, 0.6) is 5.75 Å². The van der Waals surface area contributed by atoms with Gasteiger partial charge >= 0.3 is 0 Å². The third-order valence-electron chi connectivity index (χ3n) is 7.24. The SMILES string of the molecule is COc1cccc2[nH]c(C(=O)N3CC4(CC4)C[C@H]3C(=O)N[C@@H](/C=C3\CCNC3=O)C(=O)CO)cc12. The molecule has 2 aromatic rings. The first-order valence-corrected chi connectivity index (χ1v) is 11.7. The fourth-order valence-corrected chi connectivity index (χ4v) is 5.08. The minimum Gasteiger partial charge on any atom is -0.496 e. The molecule has 2 saturated heterocycles. The molecule has 3 aliphatic rings. The van der Waals surface area contributed by atoms with E-state index in [4.69, 9.17) is 4.74 Å². The Morgan fingerprint density at radius 1 is 1.34 bits per heavy atom. The van der Waals surface area contributed by atoms with E-state index in [2.05, 4.69) is 15.6 Å². The molecule has 4 N–H and O–H groups in total. The smallest absolute Gasteiger partial charge is 0.271 e. The average molecular weight is 481 g/mol. The number of amides is 3. The second kappa shape index (κ2) is 8.84. The van der Waals surface area contributed by atoms with Gasteiger partial charge in [0.05, 0.1) is 7.11 Å². The van der Waals surface area contributed by atoms with Gasteiger partial charge in [-0.1, -0.05) is 6.07 Å². The normalized spacial score (nSPS) is 22.5. The molecule has 3 fully saturated rings. The molecular weight excluding hydrogens is 452 g/mol. The summed E-state index contributed by atoms with van der Waals surface area (Å²) in [5.41, 5.74) is 1.42. The molecule has 1 spiro atoms. The largest absolute Gasteiger partial charge is 0.496 e. The van der Waals surface area contributed by atoms with Crippen molar-refractivity contribution < 1.29 is 29.0 Å². The number of hydrogen-bond donors (Lipinski definition) is 4. The lowest BCUT2D eigenvalue weighted by atomic mass is 10.0. The second-order valence-corrected chi connectivity index (χ2v) is 9.57. The zero-order valence-electron chi connectivity index (χ0n) is 19.4. The number of benzene rings is 1. The van der Waals surface area contributed by atoms with Crippen molar-refractivity contribution in [3.8, 4) is 5.75 Å². The summed E-state index contributed by atoms with van der Waals surface area (Å²) in [5, 5.41) is 15.5. The number of likely N-dealkylation sites (tertiary alicyclic amines) is 1. The Morgan fingerprint density at radius 3 is 2.80 bits per heavy atom. The quantitative estimate of drug-likeness (QED) is 0.429. The number of aromatic nitrogens is 1. The number of aromatic amines is 1. The van der Waals surface area contributed by atoms with Gasteiger partial charge in [0, 0.05) is 29.6 Å². The summed E-state index contributed by atoms with van der Waals surface area (Å²) < 4.78 is 5.39. The van der Waals surface area contributed by atoms with Crippen LogP contribution in [0.15, 0.2) is 35.9 Å². The average Bonchev–Trinajstić information content (AvgIpc) is 3.16. The monoisotopic (exact) mass is 480 g/mol. The van der Waals surface area contributed by atoms with E-state index in [1.165, 1.54) is 6.08 Å². The van der Waals surface area contributed by atoms with Crippen molar-refractivity contribution in [3.05, 3.63) is 41.6 Å². The third-order valence-corrected chi connectivity index (χ3v) is 7.24. The van der Waals surface area contributed by atoms with Crippen molar-refractivity contribution in [2.45, 2.75) is 37.8 Å². The molecule has 1 aliphatic carbocycles. The molecule has 1 aromatic carbocycles. The first-order valence-electron chi connectivity index (χ1n) is 11.7. The molecule has 10 nitrogen and oxygen atoms in total. The number of nitrogens with zero attached hydrogens (tertiary/aromatic N) is 1. The van der Waals surface area contributed by atoms with E-state index in [-0.39, 0.29) is 17.2 Å². The maximum atomic E-state index is 13.5. The first-order chi connectivity index (χ1) is 16.8. The molecule has 2 atom stereocenters. The molecule has 2 aliphatic heterocycles. The maximum Gasteiger partial charge on any atom is 0.271 e. The number of carbonyl (C=O) groups is 4. The van der Waals surface area contributed by atoms with Gasteiger partial charge in [0.25, 0.3) is 5.91 Å². The fourth-order valence-electron chi connectivity index (χ4n) is 5.08. The lowest BCUT2D eigenvalue weighted by Gasteiger charge is -2.25. The van der Waals surface area contributed by atoms with Crippen LogP contribution >= 0.6 is 0 Å². The van der Waals surface area contributed by atoms with E-state index in [0.29, 0.717) is 42.9 Å². The van der Waals surface area contributed by atoms with E-state index in [1.54, 1.807) is 18.1 Å². The minimum atomic E-state index is -1.14. The Balaban J connectivity index is 1.40. The van der Waals surface area contributed by atoms with Gasteiger partial charge in [-0.25, -0.2) is 0 Å². The van der Waals surface area contributed by atoms with Crippen molar-refractivity contribution in [2.24, 2.45) is 5.41 Å². The maximum absolute atomic E-state index is 13.5. The third kappa shape index (κ3) is 4.29. The molecular formula is C25H28N4O6. The highest BCUT2D eigenvalue weighted by Gasteiger charge is 2.55. The molecule has 0 unspecified atom stereocenters. The van der Waals surface area contributed by atoms with Crippen LogP contribution in [-0.2, 0) is 14.4 Å². The van der Waals surface area contributed by atoms with Crippen LogP contribution in [-0.4, -0.2) is 77.4 Å². The van der Waals surface area contributed by atoms with Gasteiger partial charge in [-0.05, 0) is 55.4 Å². The zero-order chi connectivity index (χ0) is 24.7. The number of carbonyl (C=O) groups excluding carboxylic acids is 4. The van der Waals surface area contributed by atoms with Crippen LogP contribution in [0, 0.1) is 5.41 Å². The van der Waals surface area contributed by atoms with E-state index < -0.39 is 30.4 Å². The topological polar surface area (TPSA) is 141 Å². The van der Waals surface area contributed by atoms with E-state index >= 15 is 0 Å². The summed E-state index contributed by atoms with van der Waals surface area (Å²) in [4.78, 5) is 55.9. The van der Waals surface area contributed by atoms with E-state index in [9.17, 15) is 24.3 Å². The standard InChI is InChI=1S/C25H28N4O6/c1-35-21-4-2-3-16-15(21)10-18(27-16)24(34)29-13-25(6-7-25)11-19(29)23(33)28-17(20(31)12-30)9-14-5-8-26-22(14)32/h2-4,9-10,17,19,27,30H,5-8,11-13H2,1H3,(H,26,32)(H,28,33)/b14-9+/t17-,19-/m0/s1. The summed E-state index contributed by atoms with van der Waals surface area (Å²) in [6.07, 6.45) is 4.21. The first kappa shape index (κ1) is 23.1. The number of methoxy groups -OCH3 is 1. The summed E-state index contributed by atoms with van der Waals surface area (Å²) in [5.74, 6) is -1.05. The Hall–Kier alpha value is -3.66. The number of hydrogen-bond acceptors (Lipinski definition) is 6. The lowest BCUT2D eigenvalue weighted by molar-refractivity contribution is -0.130. The predicted molar refractivity (Wildman–Crippen MR) is 126 cm³/mol. The van der Waals surface area contributed by atoms with Gasteiger partial charge in [-0.15, -0.1) is 0 Å². The molecule has 5 rings (SSSR count). The van der Waals surface area contributed by atoms with Crippen LogP contribution in [0.1, 0.15) is 36.2 Å². The number of aliphatic hydroxyl groups excluding tert-OH is 1. The molecule has 10 heteroatoms. The Morgan fingerprint density at radius 2 is 2.14 bits per heavy atom. The minimum absolute atomic E-state index is 0.0817. The summed E-state index contributed by atoms with van der Waals surface area (Å²) >= 11 is 0. The fraction of sp³-hybridized carbons (Fsp3) is 0.440. The number of Topliss-reactive ketones (excluding diaryl/α,β-unsaturated/α-hetero) is 1. The molecule has 1 aromatic heterocycles. The molecule has 184 valence electrons. The Labute approximate surface area is 201 Å². The molecule has 1 saturated carbocycles. The van der Waals surface area contributed by atoms with Gasteiger partial charge in [0.1, 0.15) is 30.1 Å². The zero-order valence-corrected chi connectivity index (χ0v) is 19.4. The van der Waals surface area contributed by atoms with Crippen LogP contribution in [0.3, 0.4) is 0 Å². The Kier molecular flexibility index (Phi) is 5.84. The molecule has 0 radical (unpaired) electrons. The van der Waals surface area contributed by atoms with Crippen LogP contribution in [0.4, 0.5) is 0 Å². The van der Waals surface area contributed by atoms with Gasteiger partial charge in [0.15, 0.2) is 5.78 Å². The lowest BCUT2D eigenvalue weighted by Crippen LogP contribution is -2.51. The second-order valence-electron chi connectivity index (χ2n) is 9.57. The van der Waals surface area contributed by atoms with E-state index in [0.717, 1.165) is 23.7 Å². The van der Waals surface area contributed by atoms with Crippen LogP contribution < -0.4 is 15.4 Å². The molecule has 3 amide bonds. The van der Waals surface area contributed by atoms with Gasteiger partial charge < -0.3 is 30.4 Å². The number of fused-ring (bicyclic) bond motifs is 1. The Bertz CT molecular complexity index is 1240. The summed E-state index contributed by atoms with van der Waals surface area (Å²) in [6, 6.07) is 5.31. The highest BCUT2D eigenvalue weighted by atomic mass is 16.5. The molecule has 3 heterocycles. The van der Waals surface area contributed by atoms with Crippen molar-refractivity contribution in [1.82, 2.24) is 20.5 Å². The van der Waals surface area contributed by atoms with Crippen LogP contribution in [0.2, 0.25) is 0 Å². The highest BCUT2D eigenvalue weighted by molar-refractivity contribution is 6.03. The van der Waals surface area contributed by atoms with Crippen molar-refractivity contribution >= 4 is 34.4 Å². The molecule has 35 heavy (non-hydrogen) atoms. The van der Waals surface area contributed by atoms with Crippen LogP contribution in [0.25, 0.3) is 10.9 Å². The number of ketones is 1. The number of nitrogens with one attached hydrogen (secondary N) is 3. The predicted octanol–water partition coefficient (Wildman–Crippen LogP) is 0.664. The number of aliphatic hydroxyl groups is 1.